The molecule has 3 aliphatic rings. The van der Waals surface area contributed by atoms with E-state index >= 15 is 0 Å². The minimum atomic E-state index is -0.995. The number of benzene rings is 1. The number of carbonyl (C=O) groups excluding carboxylic acids is 2. The van der Waals surface area contributed by atoms with Crippen LogP contribution >= 0.6 is 0 Å². The first-order chi connectivity index (χ1) is 11.9. The molecule has 7 heteroatoms. The third-order valence-corrected chi connectivity index (χ3v) is 5.39. The van der Waals surface area contributed by atoms with Crippen molar-refractivity contribution in [3.8, 4) is 0 Å². The van der Waals surface area contributed by atoms with E-state index in [9.17, 15) is 23.9 Å². The van der Waals surface area contributed by atoms with Crippen molar-refractivity contribution < 1.29 is 23.9 Å². The monoisotopic (exact) mass is 344 g/mol. The molecule has 6 nitrogen and oxygen atoms in total. The summed E-state index contributed by atoms with van der Waals surface area (Å²) in [4.78, 5) is 35.5. The average molecular weight is 344 g/mol. The van der Waals surface area contributed by atoms with Gasteiger partial charge in [0.2, 0.25) is 11.8 Å². The summed E-state index contributed by atoms with van der Waals surface area (Å²) in [5.74, 6) is -4.00. The summed E-state index contributed by atoms with van der Waals surface area (Å²) < 4.78 is 14.3. The van der Waals surface area contributed by atoms with Crippen molar-refractivity contribution in [3.63, 3.8) is 0 Å². The molecule has 0 radical (unpaired) electrons. The zero-order valence-electron chi connectivity index (χ0n) is 13.3. The number of aryl methyl sites for hydroxylation is 1. The number of carboxylic acid groups (broad SMARTS) is 1. The van der Waals surface area contributed by atoms with Gasteiger partial charge in [0.1, 0.15) is 5.82 Å². The predicted molar refractivity (Wildman–Crippen MR) is 87.3 cm³/mol. The molecule has 2 aliphatic carbocycles. The van der Waals surface area contributed by atoms with Crippen LogP contribution in [0.5, 0.6) is 0 Å². The highest BCUT2D eigenvalue weighted by Gasteiger charge is 2.51. The third-order valence-electron chi connectivity index (χ3n) is 5.39. The molecule has 130 valence electrons. The second kappa shape index (κ2) is 5.68. The van der Waals surface area contributed by atoms with Crippen LogP contribution in [0.1, 0.15) is 18.4 Å². The lowest BCUT2D eigenvalue weighted by atomic mass is 9.82. The van der Waals surface area contributed by atoms with E-state index < -0.39 is 29.5 Å². The molecular formula is C18H17FN2O4. The Hall–Kier alpha value is -2.70. The number of nitrogens with one attached hydrogen (secondary N) is 2. The molecule has 2 bridgehead atoms. The highest BCUT2D eigenvalue weighted by molar-refractivity contribution is 5.98. The largest absolute Gasteiger partial charge is 0.481 e. The average Bonchev–Trinajstić information content (AvgIpc) is 3.16. The van der Waals surface area contributed by atoms with E-state index in [-0.39, 0.29) is 23.4 Å². The molecule has 4 rings (SSSR count). The summed E-state index contributed by atoms with van der Waals surface area (Å²) in [5, 5.41) is 14.6. The molecule has 1 aliphatic heterocycles. The van der Waals surface area contributed by atoms with Gasteiger partial charge in [-0.3, -0.25) is 14.4 Å². The topological polar surface area (TPSA) is 95.5 Å². The van der Waals surface area contributed by atoms with E-state index in [1.54, 1.807) is 0 Å². The van der Waals surface area contributed by atoms with Gasteiger partial charge < -0.3 is 15.7 Å². The number of aliphatic carboxylic acids is 1. The highest BCUT2D eigenvalue weighted by Crippen LogP contribution is 2.48. The van der Waals surface area contributed by atoms with E-state index in [1.165, 1.54) is 12.1 Å². The fourth-order valence-corrected chi connectivity index (χ4v) is 4.23. The fourth-order valence-electron chi connectivity index (χ4n) is 4.23. The Morgan fingerprint density at radius 1 is 1.16 bits per heavy atom. The maximum absolute atomic E-state index is 14.3. The van der Waals surface area contributed by atoms with Crippen molar-refractivity contribution in [1.82, 2.24) is 0 Å². The Bertz CT molecular complexity index is 820. The SMILES string of the molecule is O=C1CCc2cc(NC(=O)[C@H]3[C@@H](C(=O)O)[C@H]4C=C[C@H]3C4)c(F)cc2N1. The molecule has 1 heterocycles. The molecule has 4 atom stereocenters. The van der Waals surface area contributed by atoms with Crippen LogP contribution in [0.25, 0.3) is 0 Å². The van der Waals surface area contributed by atoms with E-state index in [0.717, 1.165) is 5.56 Å². The molecule has 2 amide bonds. The van der Waals surface area contributed by atoms with Crippen molar-refractivity contribution in [2.75, 3.05) is 10.6 Å². The minimum absolute atomic E-state index is 0.0239. The molecule has 1 fully saturated rings. The Kier molecular flexibility index (Phi) is 3.59. The van der Waals surface area contributed by atoms with Crippen molar-refractivity contribution in [2.45, 2.75) is 19.3 Å². The van der Waals surface area contributed by atoms with E-state index in [4.69, 9.17) is 0 Å². The number of rotatable bonds is 3. The molecule has 1 aromatic rings. The molecular weight excluding hydrogens is 327 g/mol. The number of halogens is 1. The lowest BCUT2D eigenvalue weighted by Crippen LogP contribution is -2.36. The number of anilines is 2. The van der Waals surface area contributed by atoms with E-state index in [2.05, 4.69) is 10.6 Å². The lowest BCUT2D eigenvalue weighted by Gasteiger charge is -2.24. The second-order valence-corrected chi connectivity index (χ2v) is 6.86. The highest BCUT2D eigenvalue weighted by atomic mass is 19.1. The number of hydrogen-bond donors (Lipinski definition) is 3. The maximum Gasteiger partial charge on any atom is 0.307 e. The van der Waals surface area contributed by atoms with Gasteiger partial charge in [-0.1, -0.05) is 12.2 Å². The first-order valence-electron chi connectivity index (χ1n) is 8.28. The van der Waals surface area contributed by atoms with Crippen molar-refractivity contribution in [3.05, 3.63) is 35.7 Å². The van der Waals surface area contributed by atoms with Crippen LogP contribution in [-0.2, 0) is 20.8 Å². The van der Waals surface area contributed by atoms with Crippen molar-refractivity contribution in [2.24, 2.45) is 23.7 Å². The van der Waals surface area contributed by atoms with Crippen LogP contribution in [0.4, 0.5) is 15.8 Å². The van der Waals surface area contributed by atoms with Gasteiger partial charge in [0.25, 0.3) is 0 Å². The summed E-state index contributed by atoms with van der Waals surface area (Å²) >= 11 is 0. The molecule has 0 aromatic heterocycles. The number of fused-ring (bicyclic) bond motifs is 3. The van der Waals surface area contributed by atoms with Gasteiger partial charge in [-0.2, -0.15) is 0 Å². The predicted octanol–water partition coefficient (Wildman–Crippen LogP) is 2.17. The number of carbonyl (C=O) groups is 3. The van der Waals surface area contributed by atoms with Crippen LogP contribution in [0.15, 0.2) is 24.3 Å². The first-order valence-corrected chi connectivity index (χ1v) is 8.28. The molecule has 1 aromatic carbocycles. The van der Waals surface area contributed by atoms with Gasteiger partial charge in [0, 0.05) is 12.1 Å². The van der Waals surface area contributed by atoms with Gasteiger partial charge in [-0.25, -0.2) is 4.39 Å². The molecule has 3 N–H and O–H groups in total. The van der Waals surface area contributed by atoms with Gasteiger partial charge in [0.05, 0.1) is 17.5 Å². The van der Waals surface area contributed by atoms with Gasteiger partial charge >= 0.3 is 5.97 Å². The summed E-state index contributed by atoms with van der Waals surface area (Å²) in [7, 11) is 0. The summed E-state index contributed by atoms with van der Waals surface area (Å²) in [6, 6.07) is 2.71. The third kappa shape index (κ3) is 2.59. The molecule has 0 saturated heterocycles. The molecule has 0 spiro atoms. The normalized spacial score (nSPS) is 29.2. The Labute approximate surface area is 143 Å². The summed E-state index contributed by atoms with van der Waals surface area (Å²) in [6.45, 7) is 0. The van der Waals surface area contributed by atoms with Crippen molar-refractivity contribution >= 4 is 29.2 Å². The number of carboxylic acids is 1. The quantitative estimate of drug-likeness (QED) is 0.732. The minimum Gasteiger partial charge on any atom is -0.481 e. The number of hydrogen-bond acceptors (Lipinski definition) is 3. The van der Waals surface area contributed by atoms with Gasteiger partial charge in [-0.05, 0) is 42.4 Å². The molecule has 25 heavy (non-hydrogen) atoms. The van der Waals surface area contributed by atoms with Crippen LogP contribution < -0.4 is 10.6 Å². The van der Waals surface area contributed by atoms with Crippen LogP contribution in [0, 0.1) is 29.5 Å². The van der Waals surface area contributed by atoms with E-state index in [1.807, 2.05) is 12.2 Å². The Balaban J connectivity index is 1.58. The van der Waals surface area contributed by atoms with Crippen molar-refractivity contribution in [1.29, 1.82) is 0 Å². The fraction of sp³-hybridized carbons (Fsp3) is 0.389. The Morgan fingerprint density at radius 3 is 2.60 bits per heavy atom. The zero-order chi connectivity index (χ0) is 17.7. The summed E-state index contributed by atoms with van der Waals surface area (Å²) in [6.07, 6.45) is 5.17. The standard InChI is InChI=1S/C18H17FN2O4/c19-11-7-12-8(3-4-14(22)20-12)6-13(11)21-17(23)15-9-1-2-10(5-9)16(15)18(24)25/h1-2,6-7,9-10,15-16H,3-5H2,(H,20,22)(H,21,23)(H,24,25)/t9-,10-,15+,16-/m0/s1. The lowest BCUT2D eigenvalue weighted by molar-refractivity contribution is -0.146. The smallest absolute Gasteiger partial charge is 0.307 e. The molecule has 1 saturated carbocycles. The van der Waals surface area contributed by atoms with Gasteiger partial charge in [-0.15, -0.1) is 0 Å². The van der Waals surface area contributed by atoms with Crippen LogP contribution in [0.2, 0.25) is 0 Å². The number of amides is 2. The van der Waals surface area contributed by atoms with Crippen LogP contribution in [-0.4, -0.2) is 22.9 Å². The summed E-state index contributed by atoms with van der Waals surface area (Å²) in [5.41, 5.74) is 1.19. The maximum atomic E-state index is 14.3. The zero-order valence-corrected chi connectivity index (χ0v) is 13.3. The number of allylic oxidation sites excluding steroid dienone is 2. The second-order valence-electron chi connectivity index (χ2n) is 6.86. The van der Waals surface area contributed by atoms with Crippen LogP contribution in [0.3, 0.4) is 0 Å². The van der Waals surface area contributed by atoms with Gasteiger partial charge in [0.15, 0.2) is 0 Å². The van der Waals surface area contributed by atoms with E-state index in [0.29, 0.717) is 24.9 Å². The Morgan fingerprint density at radius 2 is 1.88 bits per heavy atom. The molecule has 0 unspecified atom stereocenters. The first kappa shape index (κ1) is 15.8.